The van der Waals surface area contributed by atoms with Crippen LogP contribution in [0.5, 0.6) is 0 Å². The van der Waals surface area contributed by atoms with Crippen LogP contribution < -0.4 is 5.32 Å². The molecule has 0 amide bonds. The molecule has 1 aliphatic carbocycles. The molecule has 0 aliphatic heterocycles. The van der Waals surface area contributed by atoms with E-state index >= 15 is 0 Å². The van der Waals surface area contributed by atoms with E-state index in [-0.39, 0.29) is 0 Å². The maximum absolute atomic E-state index is 6.09. The zero-order valence-corrected chi connectivity index (χ0v) is 12.5. The smallest absolute Gasteiger partial charge is 0.226 e. The summed E-state index contributed by atoms with van der Waals surface area (Å²) in [6.45, 7) is 0.770. The van der Waals surface area contributed by atoms with Crippen molar-refractivity contribution in [2.24, 2.45) is 0 Å². The average molecular weight is 375 g/mol. The lowest BCUT2D eigenvalue weighted by Crippen LogP contribution is -2.15. The van der Waals surface area contributed by atoms with Crippen molar-refractivity contribution >= 4 is 34.2 Å². The Hall–Kier alpha value is -0.590. The average Bonchev–Trinajstić information content (AvgIpc) is 3.08. The van der Waals surface area contributed by atoms with Crippen LogP contribution in [-0.2, 0) is 6.54 Å². The zero-order valence-electron chi connectivity index (χ0n) is 9.62. The molecule has 94 valence electrons. The molecule has 1 heterocycles. The van der Waals surface area contributed by atoms with Gasteiger partial charge in [-0.05, 0) is 53.6 Å². The fourth-order valence-electron chi connectivity index (χ4n) is 1.69. The molecule has 1 N–H and O–H groups in total. The third kappa shape index (κ3) is 2.87. The largest absolute Gasteiger partial charge is 0.444 e. The van der Waals surface area contributed by atoms with Gasteiger partial charge in [0.1, 0.15) is 6.26 Å². The van der Waals surface area contributed by atoms with Gasteiger partial charge in [-0.3, -0.25) is 0 Å². The summed E-state index contributed by atoms with van der Waals surface area (Å²) in [5.41, 5.74) is 1.85. The van der Waals surface area contributed by atoms with Gasteiger partial charge >= 0.3 is 0 Å². The number of benzene rings is 1. The molecule has 0 radical (unpaired) electrons. The van der Waals surface area contributed by atoms with E-state index in [2.05, 4.69) is 32.9 Å². The number of halogens is 2. The molecule has 0 atom stereocenters. The van der Waals surface area contributed by atoms with Crippen LogP contribution in [0.1, 0.15) is 18.5 Å². The quantitative estimate of drug-likeness (QED) is 0.826. The van der Waals surface area contributed by atoms with Gasteiger partial charge in [-0.1, -0.05) is 11.6 Å². The molecular formula is C13H12ClIN2O. The normalized spacial score (nSPS) is 15.0. The van der Waals surface area contributed by atoms with Crippen molar-refractivity contribution < 1.29 is 4.42 Å². The molecule has 3 rings (SSSR count). The first-order valence-corrected chi connectivity index (χ1v) is 7.31. The molecule has 1 fully saturated rings. The van der Waals surface area contributed by atoms with E-state index in [1.54, 1.807) is 6.26 Å². The Morgan fingerprint density at radius 1 is 1.44 bits per heavy atom. The van der Waals surface area contributed by atoms with E-state index < -0.39 is 0 Å². The summed E-state index contributed by atoms with van der Waals surface area (Å²) in [5, 5.41) is 4.13. The van der Waals surface area contributed by atoms with E-state index in [0.29, 0.717) is 11.9 Å². The minimum Gasteiger partial charge on any atom is -0.444 e. The second kappa shape index (κ2) is 5.19. The third-order valence-electron chi connectivity index (χ3n) is 2.87. The van der Waals surface area contributed by atoms with Crippen LogP contribution in [-0.4, -0.2) is 11.0 Å². The molecule has 1 aliphatic rings. The van der Waals surface area contributed by atoms with Gasteiger partial charge in [-0.25, -0.2) is 4.98 Å². The first-order chi connectivity index (χ1) is 8.72. The van der Waals surface area contributed by atoms with Crippen molar-refractivity contribution in [1.82, 2.24) is 10.3 Å². The molecule has 2 aromatic rings. The lowest BCUT2D eigenvalue weighted by molar-refractivity contribution is 0.570. The Morgan fingerprint density at radius 3 is 3.00 bits per heavy atom. The minimum absolute atomic E-state index is 0.626. The number of nitrogens with zero attached hydrogens (tertiary/aromatic N) is 1. The lowest BCUT2D eigenvalue weighted by atomic mass is 10.2. The maximum atomic E-state index is 6.09. The first kappa shape index (κ1) is 12.4. The SMILES string of the molecule is Clc1cc(-c2nc(CNC3CC3)co2)ccc1I. The van der Waals surface area contributed by atoms with Crippen LogP contribution in [0.3, 0.4) is 0 Å². The summed E-state index contributed by atoms with van der Waals surface area (Å²) < 4.78 is 6.51. The molecule has 0 unspecified atom stereocenters. The molecule has 0 spiro atoms. The summed E-state index contributed by atoms with van der Waals surface area (Å²) in [4.78, 5) is 4.46. The van der Waals surface area contributed by atoms with E-state index in [1.165, 1.54) is 12.8 Å². The zero-order chi connectivity index (χ0) is 12.5. The maximum Gasteiger partial charge on any atom is 0.226 e. The van der Waals surface area contributed by atoms with Crippen LogP contribution in [0.25, 0.3) is 11.5 Å². The van der Waals surface area contributed by atoms with Gasteiger partial charge in [-0.2, -0.15) is 0 Å². The van der Waals surface area contributed by atoms with Gasteiger partial charge in [-0.15, -0.1) is 0 Å². The van der Waals surface area contributed by atoms with Crippen molar-refractivity contribution in [3.8, 4) is 11.5 Å². The predicted molar refractivity (Wildman–Crippen MR) is 79.5 cm³/mol. The summed E-state index contributed by atoms with van der Waals surface area (Å²) >= 11 is 8.29. The molecule has 1 aromatic carbocycles. The van der Waals surface area contributed by atoms with Gasteiger partial charge in [0.2, 0.25) is 5.89 Å². The highest BCUT2D eigenvalue weighted by molar-refractivity contribution is 14.1. The van der Waals surface area contributed by atoms with E-state index in [0.717, 1.165) is 26.4 Å². The fourth-order valence-corrected chi connectivity index (χ4v) is 2.20. The Balaban J connectivity index is 1.76. The van der Waals surface area contributed by atoms with E-state index in [1.807, 2.05) is 18.2 Å². The molecule has 1 aromatic heterocycles. The molecule has 0 saturated heterocycles. The number of oxazole rings is 1. The number of rotatable bonds is 4. The van der Waals surface area contributed by atoms with Crippen LogP contribution >= 0.6 is 34.2 Å². The summed E-state index contributed by atoms with van der Waals surface area (Å²) in [5.74, 6) is 0.626. The molecular weight excluding hydrogens is 363 g/mol. The molecule has 18 heavy (non-hydrogen) atoms. The van der Waals surface area contributed by atoms with Crippen molar-refractivity contribution in [2.75, 3.05) is 0 Å². The number of nitrogens with one attached hydrogen (secondary N) is 1. The van der Waals surface area contributed by atoms with Crippen molar-refractivity contribution in [3.05, 3.63) is 38.7 Å². The highest BCUT2D eigenvalue weighted by atomic mass is 127. The van der Waals surface area contributed by atoms with E-state index in [4.69, 9.17) is 16.0 Å². The molecule has 5 heteroatoms. The van der Waals surface area contributed by atoms with Gasteiger partial charge in [0.25, 0.3) is 0 Å². The number of hydrogen-bond donors (Lipinski definition) is 1. The van der Waals surface area contributed by atoms with Crippen LogP contribution in [0, 0.1) is 3.57 Å². The van der Waals surface area contributed by atoms with Gasteiger partial charge in [0, 0.05) is 21.7 Å². The Kier molecular flexibility index (Phi) is 3.59. The minimum atomic E-state index is 0.626. The van der Waals surface area contributed by atoms with E-state index in [9.17, 15) is 0 Å². The predicted octanol–water partition coefficient (Wildman–Crippen LogP) is 3.85. The van der Waals surface area contributed by atoms with Crippen molar-refractivity contribution in [1.29, 1.82) is 0 Å². The second-order valence-corrected chi connectivity index (χ2v) is 6.00. The topological polar surface area (TPSA) is 38.1 Å². The molecule has 1 saturated carbocycles. The standard InChI is InChI=1S/C13H12ClIN2O/c14-11-5-8(1-4-12(11)15)13-17-10(7-18-13)6-16-9-2-3-9/h1,4-5,7,9,16H,2-3,6H2. The fraction of sp³-hybridized carbons (Fsp3) is 0.308. The number of aromatic nitrogens is 1. The Labute approximate surface area is 124 Å². The summed E-state index contributed by atoms with van der Waals surface area (Å²) in [6, 6.07) is 6.49. The van der Waals surface area contributed by atoms with Crippen LogP contribution in [0.15, 0.2) is 28.9 Å². The number of hydrogen-bond acceptors (Lipinski definition) is 3. The van der Waals surface area contributed by atoms with Crippen molar-refractivity contribution in [2.45, 2.75) is 25.4 Å². The monoisotopic (exact) mass is 374 g/mol. The Morgan fingerprint density at radius 2 is 2.28 bits per heavy atom. The highest BCUT2D eigenvalue weighted by Gasteiger charge is 2.20. The molecule has 3 nitrogen and oxygen atoms in total. The lowest BCUT2D eigenvalue weighted by Gasteiger charge is -1.99. The highest BCUT2D eigenvalue weighted by Crippen LogP contribution is 2.26. The third-order valence-corrected chi connectivity index (χ3v) is 4.44. The van der Waals surface area contributed by atoms with Crippen molar-refractivity contribution in [3.63, 3.8) is 0 Å². The molecule has 0 bridgehead atoms. The van der Waals surface area contributed by atoms with Crippen LogP contribution in [0.4, 0.5) is 0 Å². The van der Waals surface area contributed by atoms with Gasteiger partial charge < -0.3 is 9.73 Å². The van der Waals surface area contributed by atoms with Crippen LogP contribution in [0.2, 0.25) is 5.02 Å². The summed E-state index contributed by atoms with van der Waals surface area (Å²) in [7, 11) is 0. The Bertz CT molecular complexity index is 566. The first-order valence-electron chi connectivity index (χ1n) is 5.85. The second-order valence-electron chi connectivity index (χ2n) is 4.43. The summed E-state index contributed by atoms with van der Waals surface area (Å²) in [6.07, 6.45) is 4.26. The van der Waals surface area contributed by atoms with Gasteiger partial charge in [0.15, 0.2) is 0 Å². The van der Waals surface area contributed by atoms with Gasteiger partial charge in [0.05, 0.1) is 10.7 Å².